The number of benzene rings is 1. The van der Waals surface area contributed by atoms with Gasteiger partial charge in [-0.05, 0) is 24.0 Å². The van der Waals surface area contributed by atoms with E-state index in [1.165, 1.54) is 0 Å². The predicted octanol–water partition coefficient (Wildman–Crippen LogP) is 2.84. The molecule has 1 aromatic carbocycles. The molecule has 5 nitrogen and oxygen atoms in total. The Balaban J connectivity index is 3.09. The van der Waals surface area contributed by atoms with E-state index in [1.54, 1.807) is 12.1 Å². The second kappa shape index (κ2) is 7.59. The average Bonchev–Trinajstić information content (AvgIpc) is 2.51. The van der Waals surface area contributed by atoms with Crippen LogP contribution in [-0.2, 0) is 21.4 Å². The third kappa shape index (κ3) is 4.32. The van der Waals surface area contributed by atoms with Crippen LogP contribution in [0.5, 0.6) is 0 Å². The maximum Gasteiger partial charge on any atom is 0.321 e. The molecule has 0 fully saturated rings. The number of aliphatic hydroxyl groups excluding tert-OH is 1. The van der Waals surface area contributed by atoms with E-state index in [-0.39, 0.29) is 19.4 Å². The smallest absolute Gasteiger partial charge is 0.321 e. The number of carboxylic acid groups (broad SMARTS) is 2. The molecule has 0 aliphatic rings. The van der Waals surface area contributed by atoms with E-state index in [0.717, 1.165) is 12.0 Å². The number of aliphatic hydroxyl groups is 1. The molecule has 0 saturated heterocycles. The topological polar surface area (TPSA) is 94.8 Å². The lowest BCUT2D eigenvalue weighted by atomic mass is 9.76. The molecule has 23 heavy (non-hydrogen) atoms. The van der Waals surface area contributed by atoms with Crippen molar-refractivity contribution in [3.8, 4) is 0 Å². The molecule has 0 bridgehead atoms. The normalized spacial score (nSPS) is 12.2. The summed E-state index contributed by atoms with van der Waals surface area (Å²) >= 11 is 0. The summed E-state index contributed by atoms with van der Waals surface area (Å²) in [6.07, 6.45) is 1.36. The standard InChI is InChI=1S/C18H26O5/c1-4-5-10-18(15(20)21,16(22)23)11-13-6-8-14(9-7-13)17(2,3)12-19/h6-9,19H,4-5,10-12H2,1-3H3,(H,20,21)(H,22,23). The largest absolute Gasteiger partial charge is 0.480 e. The van der Waals surface area contributed by atoms with Crippen molar-refractivity contribution in [3.05, 3.63) is 35.4 Å². The zero-order chi connectivity index (χ0) is 17.7. The molecule has 0 heterocycles. The first-order valence-electron chi connectivity index (χ1n) is 7.86. The molecular weight excluding hydrogens is 296 g/mol. The summed E-state index contributed by atoms with van der Waals surface area (Å²) in [5, 5.41) is 28.4. The predicted molar refractivity (Wildman–Crippen MR) is 87.5 cm³/mol. The molecule has 0 radical (unpaired) electrons. The number of unbranched alkanes of at least 4 members (excludes halogenated alkanes) is 1. The fraction of sp³-hybridized carbons (Fsp3) is 0.556. The number of rotatable bonds is 9. The highest BCUT2D eigenvalue weighted by molar-refractivity contribution is 5.98. The third-order valence-electron chi connectivity index (χ3n) is 4.41. The fourth-order valence-electron chi connectivity index (χ4n) is 2.54. The van der Waals surface area contributed by atoms with Gasteiger partial charge in [-0.2, -0.15) is 0 Å². The lowest BCUT2D eigenvalue weighted by Gasteiger charge is -2.26. The molecule has 0 atom stereocenters. The van der Waals surface area contributed by atoms with Crippen molar-refractivity contribution < 1.29 is 24.9 Å². The van der Waals surface area contributed by atoms with Gasteiger partial charge >= 0.3 is 11.9 Å². The molecule has 0 unspecified atom stereocenters. The first-order valence-corrected chi connectivity index (χ1v) is 7.86. The van der Waals surface area contributed by atoms with Gasteiger partial charge in [0.1, 0.15) is 0 Å². The van der Waals surface area contributed by atoms with E-state index in [1.807, 2.05) is 32.9 Å². The first-order chi connectivity index (χ1) is 10.7. The Labute approximate surface area is 137 Å². The van der Waals surface area contributed by atoms with Gasteiger partial charge in [-0.3, -0.25) is 9.59 Å². The fourth-order valence-corrected chi connectivity index (χ4v) is 2.54. The van der Waals surface area contributed by atoms with Crippen LogP contribution < -0.4 is 0 Å². The van der Waals surface area contributed by atoms with Crippen molar-refractivity contribution in [2.75, 3.05) is 6.61 Å². The molecule has 3 N–H and O–H groups in total. The third-order valence-corrected chi connectivity index (χ3v) is 4.41. The second-order valence-electron chi connectivity index (χ2n) is 6.71. The van der Waals surface area contributed by atoms with Crippen molar-refractivity contribution in [1.29, 1.82) is 0 Å². The van der Waals surface area contributed by atoms with E-state index in [0.29, 0.717) is 12.0 Å². The van der Waals surface area contributed by atoms with E-state index in [4.69, 9.17) is 0 Å². The average molecular weight is 322 g/mol. The summed E-state index contributed by atoms with van der Waals surface area (Å²) in [6.45, 7) is 5.71. The number of hydrogen-bond acceptors (Lipinski definition) is 3. The van der Waals surface area contributed by atoms with Gasteiger partial charge in [0.2, 0.25) is 0 Å². The minimum Gasteiger partial charge on any atom is -0.480 e. The van der Waals surface area contributed by atoms with Crippen molar-refractivity contribution >= 4 is 11.9 Å². The molecule has 0 aliphatic heterocycles. The first kappa shape index (κ1) is 19.2. The highest BCUT2D eigenvalue weighted by Crippen LogP contribution is 2.31. The van der Waals surface area contributed by atoms with E-state index >= 15 is 0 Å². The Morgan fingerprint density at radius 3 is 1.96 bits per heavy atom. The van der Waals surface area contributed by atoms with Crippen molar-refractivity contribution in [3.63, 3.8) is 0 Å². The van der Waals surface area contributed by atoms with Crippen LogP contribution in [-0.4, -0.2) is 33.9 Å². The molecule has 0 aliphatic carbocycles. The van der Waals surface area contributed by atoms with Crippen LogP contribution in [0.1, 0.15) is 51.2 Å². The maximum atomic E-state index is 11.6. The Hall–Kier alpha value is -1.88. The zero-order valence-corrected chi connectivity index (χ0v) is 14.0. The highest BCUT2D eigenvalue weighted by Gasteiger charge is 2.45. The quantitative estimate of drug-likeness (QED) is 0.608. The van der Waals surface area contributed by atoms with Gasteiger partial charge in [-0.1, -0.05) is 57.9 Å². The Bertz CT molecular complexity index is 531. The molecule has 0 amide bonds. The number of hydrogen-bond donors (Lipinski definition) is 3. The summed E-state index contributed by atoms with van der Waals surface area (Å²) in [7, 11) is 0. The lowest BCUT2D eigenvalue weighted by Crippen LogP contribution is -2.41. The highest BCUT2D eigenvalue weighted by atomic mass is 16.4. The minimum atomic E-state index is -1.79. The number of carboxylic acids is 2. The van der Waals surface area contributed by atoms with Crippen molar-refractivity contribution in [2.24, 2.45) is 5.41 Å². The van der Waals surface area contributed by atoms with Crippen molar-refractivity contribution in [2.45, 2.75) is 51.9 Å². The second-order valence-corrected chi connectivity index (χ2v) is 6.71. The van der Waals surface area contributed by atoms with Crippen LogP contribution in [0.2, 0.25) is 0 Å². The van der Waals surface area contributed by atoms with Gasteiger partial charge in [-0.15, -0.1) is 0 Å². The van der Waals surface area contributed by atoms with Gasteiger partial charge in [-0.25, -0.2) is 0 Å². The van der Waals surface area contributed by atoms with Crippen LogP contribution in [0.3, 0.4) is 0 Å². The van der Waals surface area contributed by atoms with Gasteiger partial charge in [0.25, 0.3) is 0 Å². The Kier molecular flexibility index (Phi) is 6.33. The Morgan fingerprint density at radius 2 is 1.57 bits per heavy atom. The molecule has 0 aromatic heterocycles. The van der Waals surface area contributed by atoms with Gasteiger partial charge in [0.15, 0.2) is 5.41 Å². The van der Waals surface area contributed by atoms with Crippen LogP contribution in [0.25, 0.3) is 0 Å². The van der Waals surface area contributed by atoms with Crippen LogP contribution in [0, 0.1) is 5.41 Å². The van der Waals surface area contributed by atoms with Gasteiger partial charge in [0.05, 0.1) is 6.61 Å². The molecule has 128 valence electrons. The SMILES string of the molecule is CCCCC(Cc1ccc(C(C)(C)CO)cc1)(C(=O)O)C(=O)O. The molecule has 0 saturated carbocycles. The number of aliphatic carboxylic acids is 2. The summed E-state index contributed by atoms with van der Waals surface area (Å²) in [5.41, 5.74) is -0.585. The van der Waals surface area contributed by atoms with Crippen molar-refractivity contribution in [1.82, 2.24) is 0 Å². The summed E-state index contributed by atoms with van der Waals surface area (Å²) in [6, 6.07) is 7.14. The monoisotopic (exact) mass is 322 g/mol. The van der Waals surface area contributed by atoms with Crippen LogP contribution in [0.4, 0.5) is 0 Å². The molecule has 5 heteroatoms. The van der Waals surface area contributed by atoms with Crippen LogP contribution >= 0.6 is 0 Å². The molecule has 0 spiro atoms. The summed E-state index contributed by atoms with van der Waals surface area (Å²) in [4.78, 5) is 23.3. The maximum absolute atomic E-state index is 11.6. The van der Waals surface area contributed by atoms with Gasteiger partial charge < -0.3 is 15.3 Å². The summed E-state index contributed by atoms with van der Waals surface area (Å²) in [5.74, 6) is -2.59. The Morgan fingerprint density at radius 1 is 1.04 bits per heavy atom. The molecular formula is C18H26O5. The summed E-state index contributed by atoms with van der Waals surface area (Å²) < 4.78 is 0. The van der Waals surface area contributed by atoms with E-state index < -0.39 is 22.8 Å². The van der Waals surface area contributed by atoms with E-state index in [9.17, 15) is 24.9 Å². The van der Waals surface area contributed by atoms with Gasteiger partial charge in [0, 0.05) is 5.41 Å². The minimum absolute atomic E-state index is 0.00294. The number of carbonyl (C=O) groups is 2. The molecule has 1 rings (SSSR count). The van der Waals surface area contributed by atoms with E-state index in [2.05, 4.69) is 0 Å². The van der Waals surface area contributed by atoms with Crippen LogP contribution in [0.15, 0.2) is 24.3 Å². The lowest BCUT2D eigenvalue weighted by molar-refractivity contribution is -0.165. The molecule has 1 aromatic rings. The zero-order valence-electron chi connectivity index (χ0n) is 14.0.